The number of hydrogen-bond donors (Lipinski definition) is 1. The standard InChI is InChI=1S/C13H33NOSi2/c1-16(2,3)15-17(4,5)13-11-9-7-6-8-10-12-14/h6-14H2,1-5H3. The summed E-state index contributed by atoms with van der Waals surface area (Å²) in [4.78, 5) is 0. The molecule has 0 aliphatic carbocycles. The molecule has 17 heavy (non-hydrogen) atoms. The van der Waals surface area contributed by atoms with Gasteiger partial charge in [-0.3, -0.25) is 0 Å². The molecule has 0 amide bonds. The average molecular weight is 276 g/mol. The van der Waals surface area contributed by atoms with Gasteiger partial charge in [0, 0.05) is 0 Å². The van der Waals surface area contributed by atoms with Gasteiger partial charge in [0.15, 0.2) is 16.6 Å². The van der Waals surface area contributed by atoms with Crippen LogP contribution in [-0.2, 0) is 4.12 Å². The zero-order valence-corrected chi connectivity index (χ0v) is 14.6. The highest BCUT2D eigenvalue weighted by molar-refractivity contribution is 6.84. The molecule has 104 valence electrons. The fourth-order valence-corrected chi connectivity index (χ4v) is 10.4. The lowest BCUT2D eigenvalue weighted by molar-refractivity contribution is 0.536. The van der Waals surface area contributed by atoms with Crippen LogP contribution in [0.4, 0.5) is 0 Å². The summed E-state index contributed by atoms with van der Waals surface area (Å²) in [7, 11) is -2.70. The van der Waals surface area contributed by atoms with Crippen molar-refractivity contribution < 1.29 is 4.12 Å². The molecule has 2 nitrogen and oxygen atoms in total. The minimum atomic E-state index is -1.37. The molecule has 0 saturated carbocycles. The van der Waals surface area contributed by atoms with Gasteiger partial charge in [-0.25, -0.2) is 0 Å². The van der Waals surface area contributed by atoms with E-state index in [1.165, 1.54) is 44.6 Å². The fraction of sp³-hybridized carbons (Fsp3) is 1.00. The van der Waals surface area contributed by atoms with Crippen molar-refractivity contribution in [3.05, 3.63) is 0 Å². The summed E-state index contributed by atoms with van der Waals surface area (Å²) in [5.74, 6) is 0. The number of hydrogen-bond acceptors (Lipinski definition) is 2. The van der Waals surface area contributed by atoms with Crippen LogP contribution in [0.5, 0.6) is 0 Å². The molecule has 4 heteroatoms. The van der Waals surface area contributed by atoms with Crippen LogP contribution >= 0.6 is 0 Å². The van der Waals surface area contributed by atoms with Gasteiger partial charge in [-0.15, -0.1) is 0 Å². The van der Waals surface area contributed by atoms with Crippen LogP contribution in [0.2, 0.25) is 38.8 Å². The predicted molar refractivity (Wildman–Crippen MR) is 83.5 cm³/mol. The first-order valence-corrected chi connectivity index (χ1v) is 13.7. The number of nitrogens with two attached hydrogens (primary N) is 1. The van der Waals surface area contributed by atoms with E-state index < -0.39 is 16.6 Å². The molecule has 0 heterocycles. The van der Waals surface area contributed by atoms with E-state index in [9.17, 15) is 0 Å². The van der Waals surface area contributed by atoms with E-state index in [0.717, 1.165) is 6.54 Å². The van der Waals surface area contributed by atoms with Gasteiger partial charge >= 0.3 is 0 Å². The third-order valence-electron chi connectivity index (χ3n) is 2.82. The van der Waals surface area contributed by atoms with Crippen molar-refractivity contribution in [1.82, 2.24) is 0 Å². The van der Waals surface area contributed by atoms with Gasteiger partial charge in [0.05, 0.1) is 0 Å². The molecule has 0 aromatic heterocycles. The fourth-order valence-electron chi connectivity index (χ4n) is 2.28. The van der Waals surface area contributed by atoms with Crippen LogP contribution in [0.3, 0.4) is 0 Å². The Labute approximate surface area is 111 Å². The molecular weight excluding hydrogens is 242 g/mol. The second-order valence-electron chi connectivity index (χ2n) is 6.63. The second-order valence-corrected chi connectivity index (χ2v) is 15.7. The third-order valence-corrected chi connectivity index (χ3v) is 9.03. The van der Waals surface area contributed by atoms with Crippen LogP contribution < -0.4 is 5.73 Å². The lowest BCUT2D eigenvalue weighted by Gasteiger charge is -2.31. The molecule has 0 spiro atoms. The monoisotopic (exact) mass is 275 g/mol. The Kier molecular flexibility index (Phi) is 8.63. The van der Waals surface area contributed by atoms with Crippen LogP contribution in [0, 0.1) is 0 Å². The Morgan fingerprint density at radius 1 is 0.765 bits per heavy atom. The van der Waals surface area contributed by atoms with Crippen molar-refractivity contribution in [1.29, 1.82) is 0 Å². The summed E-state index contributed by atoms with van der Waals surface area (Å²) < 4.78 is 6.33. The molecule has 0 saturated heterocycles. The van der Waals surface area contributed by atoms with Crippen molar-refractivity contribution in [2.24, 2.45) is 5.73 Å². The largest absolute Gasteiger partial charge is 0.456 e. The van der Waals surface area contributed by atoms with Crippen molar-refractivity contribution >= 4 is 16.6 Å². The van der Waals surface area contributed by atoms with E-state index in [4.69, 9.17) is 9.85 Å². The number of rotatable bonds is 10. The van der Waals surface area contributed by atoms with Crippen molar-refractivity contribution in [2.75, 3.05) is 6.54 Å². The quantitative estimate of drug-likeness (QED) is 0.475. The Morgan fingerprint density at radius 2 is 1.24 bits per heavy atom. The molecule has 0 fully saturated rings. The summed E-state index contributed by atoms with van der Waals surface area (Å²) >= 11 is 0. The first kappa shape index (κ1) is 17.4. The van der Waals surface area contributed by atoms with Gasteiger partial charge in [-0.05, 0) is 51.7 Å². The molecule has 0 radical (unpaired) electrons. The normalized spacial score (nSPS) is 13.1. The summed E-state index contributed by atoms with van der Waals surface area (Å²) in [6.07, 6.45) is 7.95. The van der Waals surface area contributed by atoms with E-state index in [1.807, 2.05) is 0 Å². The minimum Gasteiger partial charge on any atom is -0.456 e. The Morgan fingerprint density at radius 3 is 1.71 bits per heavy atom. The average Bonchev–Trinajstić information content (AvgIpc) is 2.12. The van der Waals surface area contributed by atoms with Gasteiger partial charge in [-0.1, -0.05) is 32.1 Å². The smallest absolute Gasteiger partial charge is 0.173 e. The molecule has 0 atom stereocenters. The van der Waals surface area contributed by atoms with E-state index in [1.54, 1.807) is 0 Å². The van der Waals surface area contributed by atoms with Crippen LogP contribution in [0.1, 0.15) is 38.5 Å². The molecule has 0 rings (SSSR count). The van der Waals surface area contributed by atoms with Gasteiger partial charge in [0.2, 0.25) is 0 Å². The first-order valence-electron chi connectivity index (χ1n) is 7.17. The van der Waals surface area contributed by atoms with Gasteiger partial charge in [-0.2, -0.15) is 0 Å². The maximum atomic E-state index is 6.33. The minimum absolute atomic E-state index is 0.851. The maximum Gasteiger partial charge on any atom is 0.173 e. The molecule has 0 bridgehead atoms. The molecular formula is C13H33NOSi2. The molecule has 0 unspecified atom stereocenters. The third kappa shape index (κ3) is 12.6. The summed E-state index contributed by atoms with van der Waals surface area (Å²) in [5, 5.41) is 0. The Balaban J connectivity index is 3.52. The lowest BCUT2D eigenvalue weighted by atomic mass is 10.1. The molecule has 0 aliphatic heterocycles. The SMILES string of the molecule is C[Si](C)(C)O[Si](C)(C)CCCCCCCCN. The molecule has 0 aromatic rings. The second kappa shape index (κ2) is 8.45. The summed E-state index contributed by atoms with van der Waals surface area (Å²) in [6.45, 7) is 12.5. The van der Waals surface area contributed by atoms with Crippen LogP contribution in [0.25, 0.3) is 0 Å². The number of unbranched alkanes of at least 4 members (excludes halogenated alkanes) is 5. The van der Waals surface area contributed by atoms with Crippen LogP contribution in [0.15, 0.2) is 0 Å². The molecule has 2 N–H and O–H groups in total. The maximum absolute atomic E-state index is 6.33. The van der Waals surface area contributed by atoms with Crippen molar-refractivity contribution in [3.8, 4) is 0 Å². The highest BCUT2D eigenvalue weighted by Crippen LogP contribution is 2.21. The Bertz CT molecular complexity index is 190. The van der Waals surface area contributed by atoms with E-state index >= 15 is 0 Å². The van der Waals surface area contributed by atoms with E-state index in [2.05, 4.69) is 32.7 Å². The Hall–Kier alpha value is 0.354. The topological polar surface area (TPSA) is 35.2 Å². The lowest BCUT2D eigenvalue weighted by Crippen LogP contribution is -2.42. The zero-order valence-electron chi connectivity index (χ0n) is 12.6. The molecule has 0 aromatic carbocycles. The van der Waals surface area contributed by atoms with Gasteiger partial charge in [0.25, 0.3) is 0 Å². The van der Waals surface area contributed by atoms with Crippen LogP contribution in [-0.4, -0.2) is 23.2 Å². The van der Waals surface area contributed by atoms with Gasteiger partial charge in [0.1, 0.15) is 0 Å². The van der Waals surface area contributed by atoms with Crippen molar-refractivity contribution in [2.45, 2.75) is 77.3 Å². The van der Waals surface area contributed by atoms with Crippen molar-refractivity contribution in [3.63, 3.8) is 0 Å². The van der Waals surface area contributed by atoms with E-state index in [-0.39, 0.29) is 0 Å². The molecule has 0 aliphatic rings. The highest BCUT2D eigenvalue weighted by atomic mass is 28.4. The van der Waals surface area contributed by atoms with E-state index in [0.29, 0.717) is 0 Å². The first-order chi connectivity index (χ1) is 7.77. The zero-order chi connectivity index (χ0) is 13.4. The predicted octanol–water partition coefficient (Wildman–Crippen LogP) is 4.34. The summed E-state index contributed by atoms with van der Waals surface area (Å²) in [5.41, 5.74) is 5.48. The summed E-state index contributed by atoms with van der Waals surface area (Å²) in [6, 6.07) is 1.33. The van der Waals surface area contributed by atoms with Gasteiger partial charge < -0.3 is 9.85 Å². The highest BCUT2D eigenvalue weighted by Gasteiger charge is 2.28.